The largest absolute Gasteiger partial charge is 0.481 e. The number of hydrogen-bond acceptors (Lipinski definition) is 2. The number of nitrogens with two attached hydrogens (primary N) is 1. The zero-order valence-electron chi connectivity index (χ0n) is 10.2. The molecular formula is C13H25NO2. The van der Waals surface area contributed by atoms with Crippen LogP contribution in [0.1, 0.15) is 57.8 Å². The average molecular weight is 227 g/mol. The van der Waals surface area contributed by atoms with Crippen LogP contribution in [0.3, 0.4) is 0 Å². The number of carboxylic acid groups (broad SMARTS) is 1. The Balaban J connectivity index is 3.14. The Bertz CT molecular complexity index is 192. The molecule has 0 aliphatic rings. The third-order valence-corrected chi connectivity index (χ3v) is 2.67. The van der Waals surface area contributed by atoms with Gasteiger partial charge in [0.2, 0.25) is 0 Å². The van der Waals surface area contributed by atoms with Crippen LogP contribution in [0.2, 0.25) is 0 Å². The Morgan fingerprint density at radius 3 is 2.31 bits per heavy atom. The molecule has 0 aliphatic heterocycles. The molecule has 0 saturated carbocycles. The third kappa shape index (κ3) is 11.2. The van der Waals surface area contributed by atoms with Crippen molar-refractivity contribution in [1.29, 1.82) is 0 Å². The molecule has 0 aromatic heterocycles. The van der Waals surface area contributed by atoms with Crippen molar-refractivity contribution in [3.8, 4) is 0 Å². The summed E-state index contributed by atoms with van der Waals surface area (Å²) in [4.78, 5) is 10.4. The predicted octanol–water partition coefficient (Wildman–Crippen LogP) is 3.10. The molecule has 0 amide bonds. The van der Waals surface area contributed by atoms with Crippen molar-refractivity contribution in [3.63, 3.8) is 0 Å². The summed E-state index contributed by atoms with van der Waals surface area (Å²) in [5, 5.41) is 8.52. The molecule has 94 valence electrons. The average Bonchev–Trinajstić information content (AvgIpc) is 2.21. The van der Waals surface area contributed by atoms with Gasteiger partial charge in [0.15, 0.2) is 0 Å². The normalized spacial score (nSPS) is 12.3. The first kappa shape index (κ1) is 15.2. The second-order valence-electron chi connectivity index (χ2n) is 4.35. The highest BCUT2D eigenvalue weighted by Gasteiger charge is 2.06. The van der Waals surface area contributed by atoms with Gasteiger partial charge in [0.1, 0.15) is 0 Å². The quantitative estimate of drug-likeness (QED) is 0.421. The van der Waals surface area contributed by atoms with Gasteiger partial charge >= 0.3 is 5.97 Å². The van der Waals surface area contributed by atoms with Crippen molar-refractivity contribution in [3.05, 3.63) is 12.7 Å². The minimum absolute atomic E-state index is 0.0966. The van der Waals surface area contributed by atoms with E-state index in [4.69, 9.17) is 10.8 Å². The lowest BCUT2D eigenvalue weighted by Gasteiger charge is -2.07. The van der Waals surface area contributed by atoms with Gasteiger partial charge in [-0.05, 0) is 19.3 Å². The van der Waals surface area contributed by atoms with Crippen molar-refractivity contribution in [2.75, 3.05) is 0 Å². The maximum atomic E-state index is 10.4. The Kier molecular flexibility index (Phi) is 10.1. The van der Waals surface area contributed by atoms with E-state index >= 15 is 0 Å². The summed E-state index contributed by atoms with van der Waals surface area (Å²) >= 11 is 0. The highest BCUT2D eigenvalue weighted by molar-refractivity contribution is 5.67. The number of aliphatic carboxylic acids is 1. The van der Waals surface area contributed by atoms with Gasteiger partial charge in [-0.2, -0.15) is 0 Å². The molecule has 0 aliphatic carbocycles. The molecule has 0 aromatic rings. The van der Waals surface area contributed by atoms with Crippen LogP contribution in [0.25, 0.3) is 0 Å². The lowest BCUT2D eigenvalue weighted by molar-refractivity contribution is -0.137. The Labute approximate surface area is 98.7 Å². The molecule has 0 aromatic carbocycles. The van der Waals surface area contributed by atoms with E-state index in [0.29, 0.717) is 0 Å². The molecule has 16 heavy (non-hydrogen) atoms. The zero-order valence-corrected chi connectivity index (χ0v) is 10.2. The van der Waals surface area contributed by atoms with Crippen LogP contribution in [-0.2, 0) is 4.79 Å². The Morgan fingerprint density at radius 2 is 1.75 bits per heavy atom. The van der Waals surface area contributed by atoms with E-state index in [0.717, 1.165) is 19.3 Å². The third-order valence-electron chi connectivity index (χ3n) is 2.67. The SMILES string of the molecule is C=CCCCCCCCCC(N)CC(=O)O. The first-order chi connectivity index (χ1) is 7.66. The molecule has 3 nitrogen and oxygen atoms in total. The van der Waals surface area contributed by atoms with Crippen LogP contribution in [0.5, 0.6) is 0 Å². The van der Waals surface area contributed by atoms with E-state index in [1.807, 2.05) is 6.08 Å². The van der Waals surface area contributed by atoms with Gasteiger partial charge in [-0.15, -0.1) is 6.58 Å². The molecule has 0 heterocycles. The van der Waals surface area contributed by atoms with Crippen molar-refractivity contribution >= 4 is 5.97 Å². The van der Waals surface area contributed by atoms with E-state index in [2.05, 4.69) is 6.58 Å². The van der Waals surface area contributed by atoms with E-state index in [-0.39, 0.29) is 12.5 Å². The van der Waals surface area contributed by atoms with Crippen LogP contribution in [0.15, 0.2) is 12.7 Å². The lowest BCUT2D eigenvalue weighted by Crippen LogP contribution is -2.23. The van der Waals surface area contributed by atoms with Gasteiger partial charge in [0.05, 0.1) is 6.42 Å². The van der Waals surface area contributed by atoms with E-state index < -0.39 is 5.97 Å². The van der Waals surface area contributed by atoms with Crippen LogP contribution in [-0.4, -0.2) is 17.1 Å². The summed E-state index contributed by atoms with van der Waals surface area (Å²) in [6.07, 6.45) is 11.2. The van der Waals surface area contributed by atoms with Crippen LogP contribution in [0, 0.1) is 0 Å². The lowest BCUT2D eigenvalue weighted by atomic mass is 10.0. The standard InChI is InChI=1S/C13H25NO2/c1-2-3-4-5-6-7-8-9-10-12(14)11-13(15)16/h2,12H,1,3-11,14H2,(H,15,16). The molecular weight excluding hydrogens is 202 g/mol. The molecule has 3 heteroatoms. The van der Waals surface area contributed by atoms with Gasteiger partial charge in [-0.1, -0.05) is 38.2 Å². The van der Waals surface area contributed by atoms with Gasteiger partial charge in [-0.25, -0.2) is 0 Å². The summed E-state index contributed by atoms with van der Waals surface area (Å²) < 4.78 is 0. The van der Waals surface area contributed by atoms with Crippen molar-refractivity contribution < 1.29 is 9.90 Å². The maximum Gasteiger partial charge on any atom is 0.304 e. The minimum Gasteiger partial charge on any atom is -0.481 e. The van der Waals surface area contributed by atoms with E-state index in [1.165, 1.54) is 32.1 Å². The molecule has 1 unspecified atom stereocenters. The Hall–Kier alpha value is -0.830. The molecule has 0 saturated heterocycles. The van der Waals surface area contributed by atoms with Gasteiger partial charge < -0.3 is 10.8 Å². The number of hydrogen-bond donors (Lipinski definition) is 2. The molecule has 0 fully saturated rings. The highest BCUT2D eigenvalue weighted by atomic mass is 16.4. The fourth-order valence-corrected chi connectivity index (χ4v) is 1.73. The highest BCUT2D eigenvalue weighted by Crippen LogP contribution is 2.10. The second kappa shape index (κ2) is 10.7. The summed E-state index contributed by atoms with van der Waals surface area (Å²) in [5.41, 5.74) is 5.66. The molecule has 0 radical (unpaired) electrons. The second-order valence-corrected chi connectivity index (χ2v) is 4.35. The van der Waals surface area contributed by atoms with Crippen molar-refractivity contribution in [2.24, 2.45) is 5.73 Å². The summed E-state index contributed by atoms with van der Waals surface area (Å²) in [5.74, 6) is -0.795. The van der Waals surface area contributed by atoms with Crippen molar-refractivity contribution in [1.82, 2.24) is 0 Å². The maximum absolute atomic E-state index is 10.4. The van der Waals surface area contributed by atoms with Gasteiger partial charge in [0, 0.05) is 6.04 Å². The zero-order chi connectivity index (χ0) is 12.2. The topological polar surface area (TPSA) is 63.3 Å². The molecule has 1 atom stereocenters. The first-order valence-electron chi connectivity index (χ1n) is 6.25. The van der Waals surface area contributed by atoms with Crippen LogP contribution in [0.4, 0.5) is 0 Å². The molecule has 0 spiro atoms. The van der Waals surface area contributed by atoms with Crippen LogP contribution >= 0.6 is 0 Å². The number of carbonyl (C=O) groups is 1. The number of allylic oxidation sites excluding steroid dienone is 1. The monoisotopic (exact) mass is 227 g/mol. The summed E-state index contributed by atoms with van der Waals surface area (Å²) in [6.45, 7) is 3.69. The number of rotatable bonds is 11. The first-order valence-corrected chi connectivity index (χ1v) is 6.25. The van der Waals surface area contributed by atoms with Gasteiger partial charge in [0.25, 0.3) is 0 Å². The summed E-state index contributed by atoms with van der Waals surface area (Å²) in [7, 11) is 0. The van der Waals surface area contributed by atoms with E-state index in [1.54, 1.807) is 0 Å². The Morgan fingerprint density at radius 1 is 1.19 bits per heavy atom. The molecule has 0 rings (SSSR count). The fourth-order valence-electron chi connectivity index (χ4n) is 1.73. The minimum atomic E-state index is -0.795. The number of unbranched alkanes of at least 4 members (excludes halogenated alkanes) is 6. The summed E-state index contributed by atoms with van der Waals surface area (Å²) in [6, 6.07) is -0.168. The molecule has 3 N–H and O–H groups in total. The number of carboxylic acids is 1. The predicted molar refractivity (Wildman–Crippen MR) is 67.4 cm³/mol. The van der Waals surface area contributed by atoms with Crippen molar-refractivity contribution in [2.45, 2.75) is 63.8 Å². The van der Waals surface area contributed by atoms with Gasteiger partial charge in [-0.3, -0.25) is 4.79 Å². The smallest absolute Gasteiger partial charge is 0.304 e. The molecule has 0 bridgehead atoms. The fraction of sp³-hybridized carbons (Fsp3) is 0.769. The van der Waals surface area contributed by atoms with E-state index in [9.17, 15) is 4.79 Å². The van der Waals surface area contributed by atoms with Crippen LogP contribution < -0.4 is 5.73 Å².